The van der Waals surface area contributed by atoms with Crippen LogP contribution in [0.2, 0.25) is 5.02 Å². The Bertz CT molecular complexity index is 385. The minimum Gasteiger partial charge on any atom is -0.493 e. The predicted octanol–water partition coefficient (Wildman–Crippen LogP) is 3.05. The zero-order valence-corrected chi connectivity index (χ0v) is 12.0. The predicted molar refractivity (Wildman–Crippen MR) is 74.1 cm³/mol. The standard InChI is InChI=1S/C13H20ClNO3/c1-9(8-16-2)7-15-11-6-13(18-4)12(17-3)5-10(11)14/h5-6,9,15H,7-8H2,1-4H3. The van der Waals surface area contributed by atoms with Crippen molar-refractivity contribution >= 4 is 17.3 Å². The third-order valence-corrected chi connectivity index (χ3v) is 2.88. The summed E-state index contributed by atoms with van der Waals surface area (Å²) in [6, 6.07) is 3.57. The number of hydrogen-bond acceptors (Lipinski definition) is 4. The summed E-state index contributed by atoms with van der Waals surface area (Å²) >= 11 is 6.17. The van der Waals surface area contributed by atoms with Crippen LogP contribution in [-0.4, -0.2) is 34.5 Å². The van der Waals surface area contributed by atoms with Gasteiger partial charge in [-0.1, -0.05) is 18.5 Å². The van der Waals surface area contributed by atoms with Crippen molar-refractivity contribution in [3.8, 4) is 11.5 Å². The van der Waals surface area contributed by atoms with Gasteiger partial charge in [-0.2, -0.15) is 0 Å². The first kappa shape index (κ1) is 14.9. The highest BCUT2D eigenvalue weighted by atomic mass is 35.5. The van der Waals surface area contributed by atoms with Crippen molar-refractivity contribution in [1.82, 2.24) is 0 Å². The molecule has 0 saturated carbocycles. The van der Waals surface area contributed by atoms with E-state index >= 15 is 0 Å². The van der Waals surface area contributed by atoms with Gasteiger partial charge in [-0.25, -0.2) is 0 Å². The number of anilines is 1. The van der Waals surface area contributed by atoms with E-state index in [1.807, 2.05) is 6.07 Å². The summed E-state index contributed by atoms with van der Waals surface area (Å²) in [4.78, 5) is 0. The van der Waals surface area contributed by atoms with E-state index in [2.05, 4.69) is 12.2 Å². The molecule has 1 aromatic carbocycles. The van der Waals surface area contributed by atoms with Crippen molar-refractivity contribution in [2.75, 3.05) is 39.8 Å². The van der Waals surface area contributed by atoms with Crippen LogP contribution in [0, 0.1) is 5.92 Å². The molecule has 0 aliphatic rings. The molecule has 0 amide bonds. The van der Waals surface area contributed by atoms with Crippen LogP contribution in [0.5, 0.6) is 11.5 Å². The summed E-state index contributed by atoms with van der Waals surface area (Å²) in [5.74, 6) is 1.68. The fourth-order valence-electron chi connectivity index (χ4n) is 1.62. The quantitative estimate of drug-likeness (QED) is 0.829. The Morgan fingerprint density at radius 1 is 1.17 bits per heavy atom. The maximum atomic E-state index is 6.17. The summed E-state index contributed by atoms with van der Waals surface area (Å²) in [5, 5.41) is 3.88. The lowest BCUT2D eigenvalue weighted by atomic mass is 10.2. The van der Waals surface area contributed by atoms with E-state index in [1.165, 1.54) is 0 Å². The summed E-state index contributed by atoms with van der Waals surface area (Å²) < 4.78 is 15.5. The topological polar surface area (TPSA) is 39.7 Å². The third kappa shape index (κ3) is 3.96. The molecule has 0 spiro atoms. The number of halogens is 1. The van der Waals surface area contributed by atoms with Gasteiger partial charge in [-0.3, -0.25) is 0 Å². The van der Waals surface area contributed by atoms with E-state index < -0.39 is 0 Å². The largest absolute Gasteiger partial charge is 0.493 e. The van der Waals surface area contributed by atoms with Gasteiger partial charge < -0.3 is 19.5 Å². The first-order chi connectivity index (χ1) is 8.62. The number of ether oxygens (including phenoxy) is 3. The number of rotatable bonds is 7. The van der Waals surface area contributed by atoms with Gasteiger partial charge in [0.1, 0.15) is 0 Å². The molecule has 4 nitrogen and oxygen atoms in total. The molecule has 1 rings (SSSR count). The number of methoxy groups -OCH3 is 3. The van der Waals surface area contributed by atoms with Crippen LogP contribution < -0.4 is 14.8 Å². The van der Waals surface area contributed by atoms with Crippen molar-refractivity contribution in [2.24, 2.45) is 5.92 Å². The molecule has 1 N–H and O–H groups in total. The third-order valence-electron chi connectivity index (χ3n) is 2.57. The van der Waals surface area contributed by atoms with Gasteiger partial charge in [0.2, 0.25) is 0 Å². The molecule has 102 valence electrons. The van der Waals surface area contributed by atoms with E-state index in [0.29, 0.717) is 29.0 Å². The van der Waals surface area contributed by atoms with Gasteiger partial charge in [-0.15, -0.1) is 0 Å². The fraction of sp³-hybridized carbons (Fsp3) is 0.538. The molecule has 0 aliphatic carbocycles. The summed E-state index contributed by atoms with van der Waals surface area (Å²) in [7, 11) is 4.88. The monoisotopic (exact) mass is 273 g/mol. The zero-order valence-electron chi connectivity index (χ0n) is 11.2. The lowest BCUT2D eigenvalue weighted by Crippen LogP contribution is -2.16. The second-order valence-corrected chi connectivity index (χ2v) is 4.54. The van der Waals surface area contributed by atoms with Crippen LogP contribution in [-0.2, 0) is 4.74 Å². The van der Waals surface area contributed by atoms with Crippen molar-refractivity contribution in [1.29, 1.82) is 0 Å². The smallest absolute Gasteiger partial charge is 0.162 e. The average Bonchev–Trinajstić information content (AvgIpc) is 2.37. The highest BCUT2D eigenvalue weighted by molar-refractivity contribution is 6.33. The average molecular weight is 274 g/mol. The molecule has 18 heavy (non-hydrogen) atoms. The number of hydrogen-bond donors (Lipinski definition) is 1. The first-order valence-corrected chi connectivity index (χ1v) is 6.14. The van der Waals surface area contributed by atoms with E-state index in [9.17, 15) is 0 Å². The molecule has 0 aliphatic heterocycles. The van der Waals surface area contributed by atoms with Crippen LogP contribution in [0.25, 0.3) is 0 Å². The molecule has 1 atom stereocenters. The molecule has 0 heterocycles. The van der Waals surface area contributed by atoms with Gasteiger partial charge >= 0.3 is 0 Å². The van der Waals surface area contributed by atoms with Crippen molar-refractivity contribution in [3.63, 3.8) is 0 Å². The Morgan fingerprint density at radius 3 is 2.33 bits per heavy atom. The molecule has 0 fully saturated rings. The minimum absolute atomic E-state index is 0.402. The summed E-state index contributed by atoms with van der Waals surface area (Å²) in [5.41, 5.74) is 0.831. The highest BCUT2D eigenvalue weighted by Crippen LogP contribution is 2.35. The van der Waals surface area contributed by atoms with Gasteiger partial charge in [0, 0.05) is 25.8 Å². The Hall–Kier alpha value is -1.13. The van der Waals surface area contributed by atoms with Gasteiger partial charge in [-0.05, 0) is 5.92 Å². The van der Waals surface area contributed by atoms with E-state index in [-0.39, 0.29) is 0 Å². The van der Waals surface area contributed by atoms with Crippen molar-refractivity contribution in [2.45, 2.75) is 6.92 Å². The fourth-order valence-corrected chi connectivity index (χ4v) is 1.84. The second kappa shape index (κ2) is 7.34. The SMILES string of the molecule is COCC(C)CNc1cc(OC)c(OC)cc1Cl. The zero-order chi connectivity index (χ0) is 13.5. The lowest BCUT2D eigenvalue weighted by molar-refractivity contribution is 0.164. The van der Waals surface area contributed by atoms with E-state index in [4.69, 9.17) is 25.8 Å². The lowest BCUT2D eigenvalue weighted by Gasteiger charge is -2.16. The highest BCUT2D eigenvalue weighted by Gasteiger charge is 2.10. The molecule has 0 bridgehead atoms. The maximum absolute atomic E-state index is 6.17. The Labute approximate surface area is 113 Å². The number of nitrogens with one attached hydrogen (secondary N) is 1. The Balaban J connectivity index is 2.76. The first-order valence-electron chi connectivity index (χ1n) is 5.76. The molecule has 1 aromatic rings. The van der Waals surface area contributed by atoms with E-state index in [0.717, 1.165) is 12.2 Å². The van der Waals surface area contributed by atoms with Crippen LogP contribution in [0.4, 0.5) is 5.69 Å². The van der Waals surface area contributed by atoms with Crippen LogP contribution in [0.1, 0.15) is 6.92 Å². The molecule has 5 heteroatoms. The maximum Gasteiger partial charge on any atom is 0.162 e. The van der Waals surface area contributed by atoms with E-state index in [1.54, 1.807) is 27.4 Å². The van der Waals surface area contributed by atoms with Crippen molar-refractivity contribution < 1.29 is 14.2 Å². The Morgan fingerprint density at radius 2 is 1.78 bits per heavy atom. The molecule has 0 aromatic heterocycles. The normalized spacial score (nSPS) is 12.1. The summed E-state index contributed by atoms with van der Waals surface area (Å²) in [6.07, 6.45) is 0. The molecule has 1 unspecified atom stereocenters. The van der Waals surface area contributed by atoms with Crippen molar-refractivity contribution in [3.05, 3.63) is 17.2 Å². The number of benzene rings is 1. The minimum atomic E-state index is 0.402. The molecular weight excluding hydrogens is 254 g/mol. The second-order valence-electron chi connectivity index (χ2n) is 4.13. The van der Waals surface area contributed by atoms with Gasteiger partial charge in [0.25, 0.3) is 0 Å². The van der Waals surface area contributed by atoms with Gasteiger partial charge in [0.05, 0.1) is 31.5 Å². The Kier molecular flexibility index (Phi) is 6.09. The van der Waals surface area contributed by atoms with Crippen LogP contribution in [0.15, 0.2) is 12.1 Å². The molecule has 0 saturated heterocycles. The van der Waals surface area contributed by atoms with Gasteiger partial charge in [0.15, 0.2) is 11.5 Å². The molecular formula is C13H20ClNO3. The van der Waals surface area contributed by atoms with Crippen LogP contribution >= 0.6 is 11.6 Å². The summed E-state index contributed by atoms with van der Waals surface area (Å²) in [6.45, 7) is 3.59. The molecule has 0 radical (unpaired) electrons. The van der Waals surface area contributed by atoms with Crippen LogP contribution in [0.3, 0.4) is 0 Å².